The van der Waals surface area contributed by atoms with Crippen LogP contribution in [0.5, 0.6) is 0 Å². The van der Waals surface area contributed by atoms with Gasteiger partial charge in [-0.1, -0.05) is 12.1 Å². The van der Waals surface area contributed by atoms with Crippen LogP contribution in [0.25, 0.3) is 11.0 Å². The largest absolute Gasteiger partial charge is 0.416 e. The third-order valence-corrected chi connectivity index (χ3v) is 7.90. The zero-order chi connectivity index (χ0) is 31.8. The van der Waals surface area contributed by atoms with Crippen molar-refractivity contribution in [1.29, 1.82) is 0 Å². The second-order valence-electron chi connectivity index (χ2n) is 11.3. The first-order valence-corrected chi connectivity index (χ1v) is 14.1. The zero-order valence-electron chi connectivity index (χ0n) is 24.8. The maximum absolute atomic E-state index is 14.1. The molecule has 0 bridgehead atoms. The number of likely N-dealkylation sites (N-methyl/N-ethyl adjacent to an activating group) is 1. The van der Waals surface area contributed by atoms with E-state index in [0.717, 1.165) is 12.5 Å². The Labute approximate surface area is 252 Å². The summed E-state index contributed by atoms with van der Waals surface area (Å²) in [5.74, 6) is -1.34. The number of hydrogen-bond acceptors (Lipinski definition) is 6. The molecule has 230 valence electrons. The number of Topliss-reactive ketones (excluding diaryl/α,β-unsaturated/α-hetero) is 1. The van der Waals surface area contributed by atoms with Crippen LogP contribution < -0.4 is 10.6 Å². The number of benzene rings is 2. The molecule has 2 amide bonds. The Kier molecular flexibility index (Phi) is 8.57. The lowest BCUT2D eigenvalue weighted by molar-refractivity contribution is -0.138. The normalized spacial score (nSPS) is 15.6. The van der Waals surface area contributed by atoms with E-state index >= 15 is 0 Å². The van der Waals surface area contributed by atoms with E-state index in [4.69, 9.17) is 0 Å². The average Bonchev–Trinajstić information content (AvgIpc) is 3.61. The van der Waals surface area contributed by atoms with Crippen LogP contribution >= 0.6 is 0 Å². The van der Waals surface area contributed by atoms with Crippen LogP contribution in [0.1, 0.15) is 61.2 Å². The van der Waals surface area contributed by atoms with Crippen LogP contribution in [0.3, 0.4) is 0 Å². The molecule has 0 saturated carbocycles. The van der Waals surface area contributed by atoms with Crippen molar-refractivity contribution in [3.05, 3.63) is 88.2 Å². The van der Waals surface area contributed by atoms with Gasteiger partial charge in [-0.25, -0.2) is 4.98 Å². The second kappa shape index (κ2) is 12.2. The van der Waals surface area contributed by atoms with Gasteiger partial charge in [0.05, 0.1) is 23.1 Å². The van der Waals surface area contributed by atoms with Gasteiger partial charge in [0, 0.05) is 54.8 Å². The number of aryl methyl sites for hydroxylation is 1. The van der Waals surface area contributed by atoms with Crippen molar-refractivity contribution in [2.45, 2.75) is 39.0 Å². The van der Waals surface area contributed by atoms with Gasteiger partial charge in [0.2, 0.25) is 0 Å². The molecule has 1 aliphatic rings. The quantitative estimate of drug-likeness (QED) is 0.221. The van der Waals surface area contributed by atoms with Gasteiger partial charge in [-0.2, -0.15) is 13.2 Å². The summed E-state index contributed by atoms with van der Waals surface area (Å²) in [5.41, 5.74) is 1.57. The third-order valence-electron chi connectivity index (χ3n) is 7.90. The van der Waals surface area contributed by atoms with Gasteiger partial charge in [-0.3, -0.25) is 19.3 Å². The van der Waals surface area contributed by atoms with Crippen molar-refractivity contribution in [3.63, 3.8) is 0 Å². The monoisotopic (exact) mass is 606 g/mol. The molecule has 0 aliphatic carbocycles. The van der Waals surface area contributed by atoms with E-state index in [1.165, 1.54) is 31.3 Å². The maximum Gasteiger partial charge on any atom is 0.416 e. The van der Waals surface area contributed by atoms with Crippen molar-refractivity contribution in [2.75, 3.05) is 37.8 Å². The highest BCUT2D eigenvalue weighted by molar-refractivity contribution is 6.08. The van der Waals surface area contributed by atoms with E-state index in [-0.39, 0.29) is 40.7 Å². The number of pyridine rings is 1. The van der Waals surface area contributed by atoms with Crippen LogP contribution in [0.15, 0.2) is 54.7 Å². The van der Waals surface area contributed by atoms with Crippen LogP contribution in [0.2, 0.25) is 0 Å². The van der Waals surface area contributed by atoms with Gasteiger partial charge >= 0.3 is 6.18 Å². The summed E-state index contributed by atoms with van der Waals surface area (Å²) in [5, 5.41) is 6.03. The number of likely N-dealkylation sites (tertiary alicyclic amines) is 1. The molecule has 0 spiro atoms. The van der Waals surface area contributed by atoms with Gasteiger partial charge in [0.1, 0.15) is 5.65 Å². The predicted octanol–water partition coefficient (Wildman–Crippen LogP) is 5.73. The number of amides is 2. The van der Waals surface area contributed by atoms with Gasteiger partial charge in [-0.15, -0.1) is 0 Å². The summed E-state index contributed by atoms with van der Waals surface area (Å²) in [4.78, 5) is 49.1. The fraction of sp³-hybridized carbons (Fsp3) is 0.312. The number of H-pyrrole nitrogens is 1. The molecule has 1 aliphatic heterocycles. The Morgan fingerprint density at radius 2 is 1.77 bits per heavy atom. The molecule has 2 aromatic heterocycles. The number of anilines is 2. The molecule has 3 N–H and O–H groups in total. The van der Waals surface area contributed by atoms with E-state index in [2.05, 4.69) is 25.5 Å². The lowest BCUT2D eigenvalue weighted by Gasteiger charge is -2.22. The number of alkyl halides is 3. The molecule has 5 rings (SSSR count). The molecule has 44 heavy (non-hydrogen) atoms. The Morgan fingerprint density at radius 3 is 2.45 bits per heavy atom. The van der Waals surface area contributed by atoms with Crippen molar-refractivity contribution in [2.24, 2.45) is 0 Å². The first kappa shape index (κ1) is 30.9. The minimum Gasteiger partial charge on any atom is -0.337 e. The molecule has 2 aromatic carbocycles. The van der Waals surface area contributed by atoms with Gasteiger partial charge in [0.25, 0.3) is 11.8 Å². The Bertz CT molecular complexity index is 1750. The first-order chi connectivity index (χ1) is 20.8. The summed E-state index contributed by atoms with van der Waals surface area (Å²) in [6, 6.07) is 11.9. The van der Waals surface area contributed by atoms with E-state index in [9.17, 15) is 27.6 Å². The molecule has 1 saturated heterocycles. The molecule has 12 heteroatoms. The number of ketones is 1. The number of carbonyl (C=O) groups excluding carboxylic acids is 3. The SMILES string of the molecule is CC(=O)c1cc2cc(NC(=O)c3cc(NC(=O)c4ccc(CN5CCC(N(C)C)C5)c(C(F)(F)F)c4)ccc3C)cnc2[nH]1. The van der Waals surface area contributed by atoms with Crippen molar-refractivity contribution < 1.29 is 27.6 Å². The zero-order valence-corrected chi connectivity index (χ0v) is 24.8. The molecular weight excluding hydrogens is 573 g/mol. The molecule has 1 fully saturated rings. The summed E-state index contributed by atoms with van der Waals surface area (Å²) in [6.07, 6.45) is -2.30. The first-order valence-electron chi connectivity index (χ1n) is 14.1. The van der Waals surface area contributed by atoms with E-state index < -0.39 is 23.6 Å². The number of hydrogen-bond donors (Lipinski definition) is 3. The molecule has 1 atom stereocenters. The predicted molar refractivity (Wildman–Crippen MR) is 162 cm³/mol. The lowest BCUT2D eigenvalue weighted by atomic mass is 10.0. The molecular formula is C32H33F3N6O3. The highest BCUT2D eigenvalue weighted by Gasteiger charge is 2.35. The fourth-order valence-corrected chi connectivity index (χ4v) is 5.36. The number of fused-ring (bicyclic) bond motifs is 1. The number of aromatic nitrogens is 2. The molecule has 3 heterocycles. The minimum atomic E-state index is -4.63. The Morgan fingerprint density at radius 1 is 1.02 bits per heavy atom. The second-order valence-corrected chi connectivity index (χ2v) is 11.3. The Balaban J connectivity index is 1.31. The summed E-state index contributed by atoms with van der Waals surface area (Å²) in [7, 11) is 3.92. The molecule has 9 nitrogen and oxygen atoms in total. The summed E-state index contributed by atoms with van der Waals surface area (Å²) >= 11 is 0. The summed E-state index contributed by atoms with van der Waals surface area (Å²) < 4.78 is 42.2. The Hall–Kier alpha value is -4.55. The highest BCUT2D eigenvalue weighted by atomic mass is 19.4. The number of rotatable bonds is 8. The number of nitrogens with one attached hydrogen (secondary N) is 3. The number of nitrogens with zero attached hydrogens (tertiary/aromatic N) is 3. The van der Waals surface area contributed by atoms with Crippen molar-refractivity contribution >= 4 is 40.0 Å². The lowest BCUT2D eigenvalue weighted by Crippen LogP contribution is -2.31. The fourth-order valence-electron chi connectivity index (χ4n) is 5.36. The van der Waals surface area contributed by atoms with Gasteiger partial charge in [-0.05, 0) is 75.0 Å². The topological polar surface area (TPSA) is 110 Å². The summed E-state index contributed by atoms with van der Waals surface area (Å²) in [6.45, 7) is 4.67. The average molecular weight is 607 g/mol. The van der Waals surface area contributed by atoms with Crippen molar-refractivity contribution in [1.82, 2.24) is 19.8 Å². The standard InChI is InChI=1S/C32H33F3N6O3/c1-18-5-8-23(14-26(18)31(44)38-24-11-22-13-28(19(2)42)39-29(22)36-15-24)37-30(43)20-6-7-21(27(12-20)32(33,34)35)16-41-10-9-25(17-41)40(3)4/h5-8,11-15,25H,9-10,16-17H2,1-4H3,(H,36,39)(H,37,43)(H,38,44). The van der Waals surface area contributed by atoms with Crippen LogP contribution in [0.4, 0.5) is 24.5 Å². The number of halogens is 3. The number of aromatic amines is 1. The van der Waals surface area contributed by atoms with E-state index in [1.54, 1.807) is 31.2 Å². The van der Waals surface area contributed by atoms with E-state index in [1.807, 2.05) is 19.0 Å². The van der Waals surface area contributed by atoms with Gasteiger partial charge in [0.15, 0.2) is 5.78 Å². The molecule has 4 aromatic rings. The highest BCUT2D eigenvalue weighted by Crippen LogP contribution is 2.34. The van der Waals surface area contributed by atoms with Crippen LogP contribution in [0, 0.1) is 6.92 Å². The third kappa shape index (κ3) is 6.81. The smallest absolute Gasteiger partial charge is 0.337 e. The van der Waals surface area contributed by atoms with Crippen molar-refractivity contribution in [3.8, 4) is 0 Å². The van der Waals surface area contributed by atoms with Gasteiger partial charge < -0.3 is 20.5 Å². The molecule has 1 unspecified atom stereocenters. The minimum absolute atomic E-state index is 0.118. The van der Waals surface area contributed by atoms with Crippen LogP contribution in [-0.4, -0.2) is 70.6 Å². The number of carbonyl (C=O) groups is 3. The molecule has 0 radical (unpaired) electrons. The van der Waals surface area contributed by atoms with E-state index in [0.29, 0.717) is 41.1 Å². The van der Waals surface area contributed by atoms with Crippen LogP contribution in [-0.2, 0) is 12.7 Å². The maximum atomic E-state index is 14.1.